The zero-order chi connectivity index (χ0) is 0. The minimum Gasteiger partial charge on any atom is -0.0776 e. The number of hydrogen-bond acceptors (Lipinski definition) is 0. The predicted molar refractivity (Wildman–Crippen MR) is 26.9 cm³/mol. The minimum absolute atomic E-state index is 0. The molecule has 0 N–H and O–H groups in total. The molecule has 5 heavy (non-hydrogen) atoms. The molecular weight excluding hydrogens is 88.0 g/mol. The van der Waals surface area contributed by atoms with Gasteiger partial charge in [0.2, 0.25) is 0 Å². The van der Waals surface area contributed by atoms with Gasteiger partial charge in [-0.2, -0.15) is 0 Å². The summed E-state index contributed by atoms with van der Waals surface area (Å²) in [6, 6.07) is 0. The molecule has 40 valence electrons. The van der Waals surface area contributed by atoms with Crippen LogP contribution < -0.4 is 0 Å². The number of hydrogen-bond donors (Lipinski definition) is 0. The second-order valence-electron chi connectivity index (χ2n) is 0. The van der Waals surface area contributed by atoms with Gasteiger partial charge in [-0.15, -0.1) is 0 Å². The Hall–Kier alpha value is 1.26. The van der Waals surface area contributed by atoms with Gasteiger partial charge in [-0.25, -0.2) is 0 Å². The van der Waals surface area contributed by atoms with Crippen LogP contribution in [0.1, 0.15) is 29.7 Å². The summed E-state index contributed by atoms with van der Waals surface area (Å²) in [6.07, 6.45) is 0. The summed E-state index contributed by atoms with van der Waals surface area (Å²) in [6.45, 7) is 0. The fourth-order valence-electron chi connectivity index (χ4n) is 0. The fraction of sp³-hybridized carbons (Fsp3) is 1.00. The van der Waals surface area contributed by atoms with Crippen LogP contribution in [0.25, 0.3) is 0 Å². The van der Waals surface area contributed by atoms with Crippen molar-refractivity contribution in [3.05, 3.63) is 0 Å². The van der Waals surface area contributed by atoms with E-state index < -0.39 is 0 Å². The van der Waals surface area contributed by atoms with E-state index in [1.165, 1.54) is 0 Å². The van der Waals surface area contributed by atoms with Gasteiger partial charge in [0.1, 0.15) is 0 Å². The van der Waals surface area contributed by atoms with Gasteiger partial charge in [0.15, 0.2) is 0 Å². The second kappa shape index (κ2) is 60.1. The Kier molecular flexibility index (Phi) is 1310. The molecule has 1 heteroatoms. The van der Waals surface area contributed by atoms with Gasteiger partial charge >= 0.3 is 0 Å². The summed E-state index contributed by atoms with van der Waals surface area (Å²) in [7, 11) is 0. The van der Waals surface area contributed by atoms with Crippen molar-refractivity contribution in [3.8, 4) is 0 Å². The van der Waals surface area contributed by atoms with Crippen LogP contribution in [0.3, 0.4) is 0 Å². The zero-order valence-corrected chi connectivity index (χ0v) is 1.06. The van der Waals surface area contributed by atoms with Crippen LogP contribution in [-0.2, 0) is 0 Å². The molecule has 0 rings (SSSR count). The Morgan fingerprint density at radius 1 is 0.400 bits per heavy atom. The molecule has 0 atom stereocenters. The van der Waals surface area contributed by atoms with E-state index in [2.05, 4.69) is 0 Å². The molecule has 0 aliphatic carbocycles. The van der Waals surface area contributed by atoms with Crippen molar-refractivity contribution in [1.82, 2.24) is 0 Å². The van der Waals surface area contributed by atoms with Crippen molar-refractivity contribution in [2.45, 2.75) is 29.7 Å². The molecule has 0 aromatic carbocycles. The van der Waals surface area contributed by atoms with Gasteiger partial charge in [-0.1, -0.05) is 29.7 Å². The SMILES string of the molecule is C.C.C.C.[Ar]. The molecule has 0 fully saturated rings. The van der Waals surface area contributed by atoms with Crippen LogP contribution in [0.4, 0.5) is 0 Å². The van der Waals surface area contributed by atoms with Crippen molar-refractivity contribution in [3.63, 3.8) is 0 Å². The van der Waals surface area contributed by atoms with Gasteiger partial charge in [0.25, 0.3) is 0 Å². The quantitative estimate of drug-likeness (QED) is 0.443. The van der Waals surface area contributed by atoms with Crippen LogP contribution in [0.15, 0.2) is 0 Å². The summed E-state index contributed by atoms with van der Waals surface area (Å²) in [5.74, 6) is 0. The van der Waals surface area contributed by atoms with Gasteiger partial charge in [0, 0.05) is 37.7 Å². The summed E-state index contributed by atoms with van der Waals surface area (Å²) >= 11 is 0. The fourth-order valence-corrected chi connectivity index (χ4v) is 0. The molecule has 0 unspecified atom stereocenters. The molecule has 0 aromatic heterocycles. The van der Waals surface area contributed by atoms with Crippen LogP contribution in [0, 0.1) is 37.7 Å². The molecule has 0 spiro atoms. The smallest absolute Gasteiger partial charge is 0 e. The van der Waals surface area contributed by atoms with Crippen molar-refractivity contribution in [2.75, 3.05) is 0 Å². The summed E-state index contributed by atoms with van der Waals surface area (Å²) in [5.41, 5.74) is 0. The van der Waals surface area contributed by atoms with Crippen LogP contribution >= 0.6 is 0 Å². The molecular formula is C4H16Ar. The monoisotopic (exact) mass is 104 g/mol. The molecule has 0 heterocycles. The Balaban J connectivity index is 0. The van der Waals surface area contributed by atoms with Crippen molar-refractivity contribution >= 4 is 0 Å². The van der Waals surface area contributed by atoms with E-state index in [4.69, 9.17) is 0 Å². The average Bonchev–Trinajstić information content (AvgIpc) is 0. The maximum atomic E-state index is 0. The Morgan fingerprint density at radius 3 is 0.400 bits per heavy atom. The van der Waals surface area contributed by atoms with E-state index in [-0.39, 0.29) is 67.4 Å². The molecule has 0 bridgehead atoms. The minimum atomic E-state index is 0. The van der Waals surface area contributed by atoms with Crippen LogP contribution in [0.5, 0.6) is 0 Å². The average molecular weight is 104 g/mol. The molecule has 0 saturated heterocycles. The van der Waals surface area contributed by atoms with Gasteiger partial charge < -0.3 is 0 Å². The first-order chi connectivity index (χ1) is 0. The van der Waals surface area contributed by atoms with Gasteiger partial charge in [-0.05, 0) is 0 Å². The molecule has 0 saturated carbocycles. The third kappa shape index (κ3) is 35.2. The largest absolute Gasteiger partial charge is 0.0776 e. The van der Waals surface area contributed by atoms with E-state index in [0.717, 1.165) is 0 Å². The summed E-state index contributed by atoms with van der Waals surface area (Å²) < 4.78 is 0. The van der Waals surface area contributed by atoms with Crippen molar-refractivity contribution in [1.29, 1.82) is 0 Å². The Labute approximate surface area is 67.0 Å². The van der Waals surface area contributed by atoms with E-state index in [9.17, 15) is 0 Å². The van der Waals surface area contributed by atoms with E-state index in [1.54, 1.807) is 0 Å². The van der Waals surface area contributed by atoms with Gasteiger partial charge in [0.05, 0.1) is 0 Å². The maximum absolute atomic E-state index is 0. The van der Waals surface area contributed by atoms with Crippen LogP contribution in [-0.4, -0.2) is 0 Å². The molecule has 0 nitrogen and oxygen atoms in total. The molecule has 0 radical (unpaired) electrons. The summed E-state index contributed by atoms with van der Waals surface area (Å²) in [4.78, 5) is 0. The second-order valence-corrected chi connectivity index (χ2v) is 0. The third-order valence-electron chi connectivity index (χ3n) is 0. The Bertz CT molecular complexity index is 3.61. The van der Waals surface area contributed by atoms with E-state index in [0.29, 0.717) is 0 Å². The zero-order valence-electron chi connectivity index (χ0n) is 0.354. The van der Waals surface area contributed by atoms with Crippen LogP contribution in [0.2, 0.25) is 0 Å². The van der Waals surface area contributed by atoms with E-state index >= 15 is 0 Å². The predicted octanol–water partition coefficient (Wildman–Crippen LogP) is 2.54. The summed E-state index contributed by atoms with van der Waals surface area (Å²) in [5, 5.41) is 0. The van der Waals surface area contributed by atoms with E-state index in [1.807, 2.05) is 0 Å². The first kappa shape index (κ1) is 109. The van der Waals surface area contributed by atoms with Crippen molar-refractivity contribution in [2.24, 2.45) is 0 Å². The first-order valence-electron chi connectivity index (χ1n) is 0. The Morgan fingerprint density at radius 2 is 0.400 bits per heavy atom. The molecule has 0 amide bonds. The standard InChI is InChI=1S/4CH4.Ar/h4*1H4;. The first-order valence-corrected chi connectivity index (χ1v) is 0. The van der Waals surface area contributed by atoms with Gasteiger partial charge in [-0.3, -0.25) is 0 Å². The topological polar surface area (TPSA) is 0 Å². The molecule has 0 aliphatic rings. The number of rotatable bonds is 0. The van der Waals surface area contributed by atoms with Crippen molar-refractivity contribution < 1.29 is 37.7 Å². The molecule has 0 aromatic rings. The normalized spacial score (nSPS) is 0. The maximum Gasteiger partial charge on any atom is 0 e. The molecule has 0 aliphatic heterocycles. The third-order valence-corrected chi connectivity index (χ3v) is 0.